The lowest BCUT2D eigenvalue weighted by Gasteiger charge is -2.07. The Hall–Kier alpha value is -2.15. The zero-order valence-electron chi connectivity index (χ0n) is 14.2. The molecule has 1 heterocycles. The molecule has 3 rings (SSSR count). The lowest BCUT2D eigenvalue weighted by molar-refractivity contribution is 0.796. The van der Waals surface area contributed by atoms with E-state index in [1.165, 1.54) is 46.9 Å². The van der Waals surface area contributed by atoms with Crippen LogP contribution in [0.15, 0.2) is 54.7 Å². The number of fused-ring (bicyclic) bond motifs is 1. The van der Waals surface area contributed by atoms with E-state index in [1.807, 2.05) is 6.20 Å². The summed E-state index contributed by atoms with van der Waals surface area (Å²) in [6, 6.07) is 17.8. The second-order valence-corrected chi connectivity index (χ2v) is 6.30. The number of benzene rings is 2. The second kappa shape index (κ2) is 7.41. The first-order chi connectivity index (χ1) is 11.3. The van der Waals surface area contributed by atoms with Crippen LogP contribution in [0.2, 0.25) is 0 Å². The minimum atomic E-state index is 1.10. The maximum absolute atomic E-state index is 4.69. The molecule has 0 fully saturated rings. The zero-order chi connectivity index (χ0) is 16.1. The van der Waals surface area contributed by atoms with Crippen molar-refractivity contribution in [2.45, 2.75) is 46.0 Å². The average Bonchev–Trinajstić information content (AvgIpc) is 2.60. The first kappa shape index (κ1) is 15.7. The number of pyridine rings is 1. The molecule has 0 N–H and O–H groups in total. The van der Waals surface area contributed by atoms with Gasteiger partial charge in [0.1, 0.15) is 0 Å². The highest BCUT2D eigenvalue weighted by Gasteiger charge is 2.03. The molecule has 0 saturated heterocycles. The monoisotopic (exact) mass is 303 g/mol. The third kappa shape index (κ3) is 3.79. The van der Waals surface area contributed by atoms with E-state index in [9.17, 15) is 0 Å². The third-order valence-electron chi connectivity index (χ3n) is 4.39. The first-order valence-electron chi connectivity index (χ1n) is 8.78. The van der Waals surface area contributed by atoms with Gasteiger partial charge in [0, 0.05) is 17.1 Å². The molecule has 1 aromatic heterocycles. The van der Waals surface area contributed by atoms with Crippen LogP contribution in [-0.2, 0) is 12.8 Å². The predicted molar refractivity (Wildman–Crippen MR) is 99.8 cm³/mol. The highest BCUT2D eigenvalue weighted by Crippen LogP contribution is 2.24. The molecule has 0 unspecified atom stereocenters. The fourth-order valence-corrected chi connectivity index (χ4v) is 3.01. The number of aromatic nitrogens is 1. The van der Waals surface area contributed by atoms with Crippen LogP contribution < -0.4 is 0 Å². The molecule has 118 valence electrons. The molecule has 0 saturated carbocycles. The van der Waals surface area contributed by atoms with E-state index in [2.05, 4.69) is 67.4 Å². The molecule has 0 radical (unpaired) electrons. The molecule has 2 aromatic carbocycles. The van der Waals surface area contributed by atoms with Crippen molar-refractivity contribution >= 4 is 10.9 Å². The molecule has 0 aliphatic carbocycles. The van der Waals surface area contributed by atoms with Gasteiger partial charge < -0.3 is 0 Å². The zero-order valence-corrected chi connectivity index (χ0v) is 14.2. The molecule has 0 spiro atoms. The highest BCUT2D eigenvalue weighted by molar-refractivity contribution is 5.84. The number of unbranched alkanes of at least 4 members (excludes halogenated alkanes) is 1. The van der Waals surface area contributed by atoms with Gasteiger partial charge >= 0.3 is 0 Å². The summed E-state index contributed by atoms with van der Waals surface area (Å²) in [5.41, 5.74) is 6.34. The van der Waals surface area contributed by atoms with Crippen molar-refractivity contribution in [3.8, 4) is 11.1 Å². The van der Waals surface area contributed by atoms with Crippen LogP contribution in [0.5, 0.6) is 0 Å². The van der Waals surface area contributed by atoms with E-state index in [0.29, 0.717) is 0 Å². The van der Waals surface area contributed by atoms with Gasteiger partial charge in [-0.2, -0.15) is 0 Å². The maximum atomic E-state index is 4.69. The van der Waals surface area contributed by atoms with Gasteiger partial charge in [-0.15, -0.1) is 0 Å². The van der Waals surface area contributed by atoms with E-state index < -0.39 is 0 Å². The largest absolute Gasteiger partial charge is 0.256 e. The molecular formula is C22H25N. The Morgan fingerprint density at radius 2 is 1.52 bits per heavy atom. The van der Waals surface area contributed by atoms with Crippen molar-refractivity contribution in [2.24, 2.45) is 0 Å². The fraction of sp³-hybridized carbons (Fsp3) is 0.318. The Bertz CT molecular complexity index is 772. The Morgan fingerprint density at radius 1 is 0.739 bits per heavy atom. The smallest absolute Gasteiger partial charge is 0.0705 e. The Labute approximate surface area is 139 Å². The van der Waals surface area contributed by atoms with Gasteiger partial charge in [-0.25, -0.2) is 0 Å². The second-order valence-electron chi connectivity index (χ2n) is 6.30. The molecule has 0 atom stereocenters. The topological polar surface area (TPSA) is 12.9 Å². The average molecular weight is 303 g/mol. The van der Waals surface area contributed by atoms with Gasteiger partial charge in [0.05, 0.1) is 5.52 Å². The van der Waals surface area contributed by atoms with Crippen LogP contribution in [0, 0.1) is 0 Å². The minimum Gasteiger partial charge on any atom is -0.256 e. The van der Waals surface area contributed by atoms with Gasteiger partial charge in [0.25, 0.3) is 0 Å². The number of aryl methyl sites for hydroxylation is 2. The van der Waals surface area contributed by atoms with Crippen LogP contribution in [0.1, 0.15) is 44.2 Å². The molecule has 0 amide bonds. The summed E-state index contributed by atoms with van der Waals surface area (Å²) in [4.78, 5) is 4.69. The minimum absolute atomic E-state index is 1.10. The van der Waals surface area contributed by atoms with Crippen molar-refractivity contribution in [1.82, 2.24) is 4.98 Å². The number of hydrogen-bond acceptors (Lipinski definition) is 1. The maximum Gasteiger partial charge on any atom is 0.0705 e. The van der Waals surface area contributed by atoms with Crippen molar-refractivity contribution in [2.75, 3.05) is 0 Å². The fourth-order valence-electron chi connectivity index (χ4n) is 3.01. The van der Waals surface area contributed by atoms with E-state index in [0.717, 1.165) is 18.4 Å². The first-order valence-corrected chi connectivity index (χ1v) is 8.78. The van der Waals surface area contributed by atoms with Gasteiger partial charge in [-0.3, -0.25) is 4.98 Å². The van der Waals surface area contributed by atoms with E-state index >= 15 is 0 Å². The molecule has 0 aliphatic heterocycles. The van der Waals surface area contributed by atoms with E-state index in [-0.39, 0.29) is 0 Å². The quantitative estimate of drug-likeness (QED) is 0.528. The van der Waals surface area contributed by atoms with Crippen molar-refractivity contribution in [3.05, 3.63) is 65.9 Å². The standard InChI is InChI=1S/C22H25N/c1-3-5-7-18-10-13-20-15-21(16-23-22(20)14-18)19-11-8-17(6-4-2)9-12-19/h8-16H,3-7H2,1-2H3. The SMILES string of the molecule is CCCCc1ccc2cc(-c3ccc(CCC)cc3)cnc2c1. The van der Waals surface area contributed by atoms with Gasteiger partial charge in [-0.05, 0) is 48.1 Å². The molecule has 0 aliphatic rings. The summed E-state index contributed by atoms with van der Waals surface area (Å²) in [6.45, 7) is 4.45. The van der Waals surface area contributed by atoms with Crippen LogP contribution in [-0.4, -0.2) is 4.98 Å². The van der Waals surface area contributed by atoms with Crippen LogP contribution >= 0.6 is 0 Å². The summed E-state index contributed by atoms with van der Waals surface area (Å²) < 4.78 is 0. The summed E-state index contributed by atoms with van der Waals surface area (Å²) >= 11 is 0. The highest BCUT2D eigenvalue weighted by atomic mass is 14.6. The van der Waals surface area contributed by atoms with E-state index in [4.69, 9.17) is 0 Å². The van der Waals surface area contributed by atoms with Crippen molar-refractivity contribution in [3.63, 3.8) is 0 Å². The number of hydrogen-bond donors (Lipinski definition) is 0. The van der Waals surface area contributed by atoms with Crippen molar-refractivity contribution < 1.29 is 0 Å². The van der Waals surface area contributed by atoms with Gasteiger partial charge in [-0.1, -0.05) is 63.1 Å². The summed E-state index contributed by atoms with van der Waals surface area (Å²) in [7, 11) is 0. The number of rotatable bonds is 6. The van der Waals surface area contributed by atoms with E-state index in [1.54, 1.807) is 0 Å². The summed E-state index contributed by atoms with van der Waals surface area (Å²) in [5, 5.41) is 1.22. The summed E-state index contributed by atoms with van der Waals surface area (Å²) in [6.07, 6.45) is 7.97. The normalized spacial score (nSPS) is 11.0. The lowest BCUT2D eigenvalue weighted by Crippen LogP contribution is -1.88. The van der Waals surface area contributed by atoms with Crippen molar-refractivity contribution in [1.29, 1.82) is 0 Å². The van der Waals surface area contributed by atoms with Gasteiger partial charge in [0.2, 0.25) is 0 Å². The Morgan fingerprint density at radius 3 is 2.26 bits per heavy atom. The van der Waals surface area contributed by atoms with Crippen LogP contribution in [0.25, 0.3) is 22.0 Å². The summed E-state index contributed by atoms with van der Waals surface area (Å²) in [5.74, 6) is 0. The predicted octanol–water partition coefficient (Wildman–Crippen LogP) is 6.20. The molecule has 0 bridgehead atoms. The van der Waals surface area contributed by atoms with Crippen LogP contribution in [0.4, 0.5) is 0 Å². The molecule has 1 nitrogen and oxygen atoms in total. The van der Waals surface area contributed by atoms with Crippen LogP contribution in [0.3, 0.4) is 0 Å². The van der Waals surface area contributed by atoms with Gasteiger partial charge in [0.15, 0.2) is 0 Å². The molecule has 3 aromatic rings. The third-order valence-corrected chi connectivity index (χ3v) is 4.39. The Kier molecular flexibility index (Phi) is 5.07. The number of nitrogens with zero attached hydrogens (tertiary/aromatic N) is 1. The Balaban J connectivity index is 1.87. The molecular weight excluding hydrogens is 278 g/mol. The lowest BCUT2D eigenvalue weighted by atomic mass is 10.0. The molecule has 23 heavy (non-hydrogen) atoms. The molecule has 1 heteroatoms.